The van der Waals surface area contributed by atoms with E-state index in [9.17, 15) is 0 Å². The number of nitrogens with zero attached hydrogens (tertiary/aromatic N) is 1. The van der Waals surface area contributed by atoms with E-state index in [0.717, 1.165) is 6.54 Å². The lowest BCUT2D eigenvalue weighted by Crippen LogP contribution is -2.30. The summed E-state index contributed by atoms with van der Waals surface area (Å²) in [7, 11) is 2.09. The summed E-state index contributed by atoms with van der Waals surface area (Å²) in [5.41, 5.74) is 6.08. The van der Waals surface area contributed by atoms with Crippen LogP contribution in [0.15, 0.2) is 66.0 Å². The van der Waals surface area contributed by atoms with Crippen LogP contribution in [0.2, 0.25) is 0 Å². The molecule has 0 amide bonds. The molecule has 114 valence electrons. The minimum absolute atomic E-state index is 0.144. The topological polar surface area (TPSA) is 27.3 Å². The smallest absolute Gasteiger partial charge is 0.116 e. The molecule has 0 radical (unpaired) electrons. The number of aryl methyl sites for hydroxylation is 1. The third-order valence-electron chi connectivity index (χ3n) is 3.97. The van der Waals surface area contributed by atoms with Crippen LogP contribution in [0, 0.1) is 6.92 Å². The molecule has 3 rings (SSSR count). The molecule has 2 heterocycles. The van der Waals surface area contributed by atoms with Crippen molar-refractivity contribution in [2.45, 2.75) is 20.0 Å². The van der Waals surface area contributed by atoms with Gasteiger partial charge in [0.2, 0.25) is 0 Å². The molecule has 2 aliphatic rings. The molecule has 1 aromatic carbocycles. The molecule has 0 fully saturated rings. The summed E-state index contributed by atoms with van der Waals surface area (Å²) in [6.07, 6.45) is 10.9. The zero-order chi connectivity index (χ0) is 15.5. The molecule has 0 bridgehead atoms. The van der Waals surface area contributed by atoms with Crippen molar-refractivity contribution in [1.82, 2.24) is 15.5 Å². The molecule has 2 aliphatic heterocycles. The van der Waals surface area contributed by atoms with Crippen LogP contribution in [-0.4, -0.2) is 24.7 Å². The van der Waals surface area contributed by atoms with E-state index in [-0.39, 0.29) is 6.17 Å². The SMILES string of the molecule is C/C=C/C1NC(C2=CCN(C)C=C2)=C(c2ccc(C)cc2)N1. The lowest BCUT2D eigenvalue weighted by molar-refractivity contribution is 0.502. The van der Waals surface area contributed by atoms with Gasteiger partial charge in [-0.1, -0.05) is 42.0 Å². The van der Waals surface area contributed by atoms with Crippen molar-refractivity contribution in [2.24, 2.45) is 0 Å². The molecule has 2 N–H and O–H groups in total. The summed E-state index contributed by atoms with van der Waals surface area (Å²) in [5.74, 6) is 0. The van der Waals surface area contributed by atoms with E-state index in [4.69, 9.17) is 0 Å². The second-order valence-electron chi connectivity index (χ2n) is 5.82. The van der Waals surface area contributed by atoms with Crippen LogP contribution in [0.5, 0.6) is 0 Å². The molecular weight excluding hydrogens is 270 g/mol. The fraction of sp³-hybridized carbons (Fsp3) is 0.263. The third-order valence-corrected chi connectivity index (χ3v) is 3.97. The minimum atomic E-state index is 0.144. The zero-order valence-corrected chi connectivity index (χ0v) is 13.4. The molecule has 0 aliphatic carbocycles. The lowest BCUT2D eigenvalue weighted by atomic mass is 10.0. The van der Waals surface area contributed by atoms with E-state index in [1.165, 1.54) is 28.1 Å². The van der Waals surface area contributed by atoms with Crippen LogP contribution in [0.25, 0.3) is 5.70 Å². The normalized spacial score (nSPS) is 21.1. The standard InChI is InChI=1S/C19H23N3/c1-4-5-17-20-18(15-8-6-14(2)7-9-15)19(21-17)16-10-12-22(3)13-11-16/h4-12,17,20-21H,13H2,1-3H3/b5-4+. The highest BCUT2D eigenvalue weighted by atomic mass is 15.2. The predicted molar refractivity (Wildman–Crippen MR) is 92.8 cm³/mol. The number of hydrogen-bond donors (Lipinski definition) is 2. The average Bonchev–Trinajstić information content (AvgIpc) is 2.93. The number of benzene rings is 1. The van der Waals surface area contributed by atoms with Crippen molar-refractivity contribution in [3.05, 3.63) is 77.2 Å². The van der Waals surface area contributed by atoms with Gasteiger partial charge in [0.1, 0.15) is 6.17 Å². The Morgan fingerprint density at radius 3 is 2.50 bits per heavy atom. The van der Waals surface area contributed by atoms with Gasteiger partial charge in [-0.25, -0.2) is 0 Å². The fourth-order valence-corrected chi connectivity index (χ4v) is 2.72. The fourth-order valence-electron chi connectivity index (χ4n) is 2.72. The van der Waals surface area contributed by atoms with Crippen molar-refractivity contribution < 1.29 is 0 Å². The van der Waals surface area contributed by atoms with Gasteiger partial charge in [0.05, 0.1) is 11.4 Å². The molecule has 0 spiro atoms. The van der Waals surface area contributed by atoms with Crippen molar-refractivity contribution in [1.29, 1.82) is 0 Å². The molecule has 22 heavy (non-hydrogen) atoms. The number of nitrogens with one attached hydrogen (secondary N) is 2. The molecular formula is C19H23N3. The molecule has 0 saturated carbocycles. The quantitative estimate of drug-likeness (QED) is 0.838. The second-order valence-corrected chi connectivity index (χ2v) is 5.82. The van der Waals surface area contributed by atoms with E-state index in [2.05, 4.69) is 84.3 Å². The number of rotatable bonds is 3. The van der Waals surface area contributed by atoms with Crippen LogP contribution in [0.3, 0.4) is 0 Å². The van der Waals surface area contributed by atoms with Gasteiger partial charge in [0.15, 0.2) is 0 Å². The Morgan fingerprint density at radius 2 is 1.86 bits per heavy atom. The molecule has 3 heteroatoms. The first kappa shape index (κ1) is 14.5. The highest BCUT2D eigenvalue weighted by molar-refractivity contribution is 5.74. The van der Waals surface area contributed by atoms with Gasteiger partial charge in [-0.15, -0.1) is 0 Å². The largest absolute Gasteiger partial charge is 0.377 e. The first-order chi connectivity index (χ1) is 10.7. The third kappa shape index (κ3) is 2.93. The first-order valence-corrected chi connectivity index (χ1v) is 7.73. The van der Waals surface area contributed by atoms with Gasteiger partial charge in [0, 0.05) is 13.6 Å². The summed E-state index contributed by atoms with van der Waals surface area (Å²) < 4.78 is 0. The Hall–Kier alpha value is -2.42. The van der Waals surface area contributed by atoms with E-state index in [0.29, 0.717) is 0 Å². The summed E-state index contributed by atoms with van der Waals surface area (Å²) in [6, 6.07) is 8.67. The van der Waals surface area contributed by atoms with Crippen molar-refractivity contribution >= 4 is 5.70 Å². The predicted octanol–water partition coefficient (Wildman–Crippen LogP) is 3.14. The average molecular weight is 293 g/mol. The lowest BCUT2D eigenvalue weighted by Gasteiger charge is -2.18. The van der Waals surface area contributed by atoms with Gasteiger partial charge in [0.25, 0.3) is 0 Å². The van der Waals surface area contributed by atoms with Gasteiger partial charge < -0.3 is 15.5 Å². The monoisotopic (exact) mass is 293 g/mol. The second kappa shape index (κ2) is 6.14. The highest BCUT2D eigenvalue weighted by Gasteiger charge is 2.23. The Labute approximate surface area is 132 Å². The Kier molecular flexibility index (Phi) is 4.05. The van der Waals surface area contributed by atoms with Crippen LogP contribution in [-0.2, 0) is 0 Å². The molecule has 1 unspecified atom stereocenters. The minimum Gasteiger partial charge on any atom is -0.377 e. The van der Waals surface area contributed by atoms with E-state index in [1.54, 1.807) is 0 Å². The Balaban J connectivity index is 1.98. The summed E-state index contributed by atoms with van der Waals surface area (Å²) in [4.78, 5) is 2.17. The van der Waals surface area contributed by atoms with Gasteiger partial charge in [-0.3, -0.25) is 0 Å². The molecule has 0 saturated heterocycles. The maximum atomic E-state index is 3.58. The maximum absolute atomic E-state index is 3.58. The zero-order valence-electron chi connectivity index (χ0n) is 13.4. The molecule has 1 aromatic rings. The summed E-state index contributed by atoms with van der Waals surface area (Å²) in [6.45, 7) is 5.10. The van der Waals surface area contributed by atoms with Crippen molar-refractivity contribution in [3.8, 4) is 0 Å². The highest BCUT2D eigenvalue weighted by Crippen LogP contribution is 2.27. The Morgan fingerprint density at radius 1 is 1.14 bits per heavy atom. The van der Waals surface area contributed by atoms with Crippen LogP contribution < -0.4 is 10.6 Å². The Bertz CT molecular complexity index is 662. The molecule has 1 atom stereocenters. The summed E-state index contributed by atoms with van der Waals surface area (Å²) in [5, 5.41) is 7.16. The number of allylic oxidation sites excluding steroid dienone is 2. The van der Waals surface area contributed by atoms with Crippen LogP contribution in [0.4, 0.5) is 0 Å². The number of likely N-dealkylation sites (N-methyl/N-ethyl adjacent to an activating group) is 1. The summed E-state index contributed by atoms with van der Waals surface area (Å²) >= 11 is 0. The maximum Gasteiger partial charge on any atom is 0.116 e. The van der Waals surface area contributed by atoms with Gasteiger partial charge in [-0.05, 0) is 43.3 Å². The van der Waals surface area contributed by atoms with Crippen LogP contribution in [0.1, 0.15) is 18.1 Å². The van der Waals surface area contributed by atoms with Crippen molar-refractivity contribution in [3.63, 3.8) is 0 Å². The van der Waals surface area contributed by atoms with E-state index in [1.807, 2.05) is 6.92 Å². The van der Waals surface area contributed by atoms with Crippen molar-refractivity contribution in [2.75, 3.05) is 13.6 Å². The van der Waals surface area contributed by atoms with Gasteiger partial charge >= 0.3 is 0 Å². The number of hydrogen-bond acceptors (Lipinski definition) is 3. The molecule has 3 nitrogen and oxygen atoms in total. The van der Waals surface area contributed by atoms with Crippen LogP contribution >= 0.6 is 0 Å². The van der Waals surface area contributed by atoms with E-state index >= 15 is 0 Å². The molecule has 0 aromatic heterocycles. The van der Waals surface area contributed by atoms with E-state index < -0.39 is 0 Å². The van der Waals surface area contributed by atoms with Gasteiger partial charge in [-0.2, -0.15) is 0 Å². The first-order valence-electron chi connectivity index (χ1n) is 7.73.